The van der Waals surface area contributed by atoms with E-state index in [9.17, 15) is 0 Å². The zero-order chi connectivity index (χ0) is 11.4. The third-order valence-electron chi connectivity index (χ3n) is 2.87. The van der Waals surface area contributed by atoms with Gasteiger partial charge in [-0.25, -0.2) is 0 Å². The molecule has 0 bridgehead atoms. The van der Waals surface area contributed by atoms with E-state index in [1.807, 2.05) is 12.1 Å². The normalized spacial score (nSPS) is 22.0. The predicted molar refractivity (Wildman–Crippen MR) is 63.7 cm³/mol. The molecule has 1 aliphatic rings. The Morgan fingerprint density at radius 2 is 2.38 bits per heavy atom. The molecule has 2 rings (SSSR count). The van der Waals surface area contributed by atoms with Crippen LogP contribution in [0, 0.1) is 0 Å². The molecular weight excluding hydrogens is 202 g/mol. The first-order valence-corrected chi connectivity index (χ1v) is 5.75. The van der Waals surface area contributed by atoms with Crippen LogP contribution < -0.4 is 4.74 Å². The van der Waals surface area contributed by atoms with Gasteiger partial charge in [-0.1, -0.05) is 12.1 Å². The highest BCUT2D eigenvalue weighted by molar-refractivity contribution is 5.28. The summed E-state index contributed by atoms with van der Waals surface area (Å²) in [6, 6.07) is 8.26. The van der Waals surface area contributed by atoms with Crippen LogP contribution in [0.1, 0.15) is 12.5 Å². The predicted octanol–water partition coefficient (Wildman–Crippen LogP) is 1.92. The molecule has 1 aliphatic heterocycles. The second kappa shape index (κ2) is 5.32. The third kappa shape index (κ3) is 2.97. The van der Waals surface area contributed by atoms with E-state index in [4.69, 9.17) is 9.47 Å². The van der Waals surface area contributed by atoms with Gasteiger partial charge >= 0.3 is 0 Å². The first kappa shape index (κ1) is 11.4. The van der Waals surface area contributed by atoms with Gasteiger partial charge < -0.3 is 9.47 Å². The minimum atomic E-state index is 0.347. The Hall–Kier alpha value is -1.06. The summed E-state index contributed by atoms with van der Waals surface area (Å²) in [6.07, 6.45) is 0.347. The Morgan fingerprint density at radius 3 is 3.12 bits per heavy atom. The van der Waals surface area contributed by atoms with E-state index in [-0.39, 0.29) is 0 Å². The SMILES string of the molecule is COc1cccc(CN2CCOC(C)C2)c1. The Kier molecular flexibility index (Phi) is 3.80. The molecule has 1 atom stereocenters. The number of methoxy groups -OCH3 is 1. The van der Waals surface area contributed by atoms with Crippen LogP contribution in [0.4, 0.5) is 0 Å². The number of hydrogen-bond acceptors (Lipinski definition) is 3. The molecule has 3 heteroatoms. The van der Waals surface area contributed by atoms with Gasteiger partial charge in [0.25, 0.3) is 0 Å². The molecule has 0 saturated carbocycles. The molecule has 1 fully saturated rings. The van der Waals surface area contributed by atoms with Crippen LogP contribution in [-0.4, -0.2) is 37.8 Å². The molecular formula is C13H19NO2. The fourth-order valence-corrected chi connectivity index (χ4v) is 2.06. The second-order valence-corrected chi connectivity index (χ2v) is 4.27. The summed E-state index contributed by atoms with van der Waals surface area (Å²) in [5.41, 5.74) is 1.30. The summed E-state index contributed by atoms with van der Waals surface area (Å²) < 4.78 is 10.7. The maximum Gasteiger partial charge on any atom is 0.119 e. The lowest BCUT2D eigenvalue weighted by Gasteiger charge is -2.31. The van der Waals surface area contributed by atoms with Gasteiger partial charge in [0.1, 0.15) is 5.75 Å². The Balaban J connectivity index is 1.97. The highest BCUT2D eigenvalue weighted by Crippen LogP contribution is 2.15. The zero-order valence-corrected chi connectivity index (χ0v) is 9.98. The standard InChI is InChI=1S/C13H19NO2/c1-11-9-14(6-7-16-11)10-12-4-3-5-13(8-12)15-2/h3-5,8,11H,6-7,9-10H2,1-2H3. The lowest BCUT2D eigenvalue weighted by Crippen LogP contribution is -2.40. The van der Waals surface area contributed by atoms with Crippen molar-refractivity contribution in [2.24, 2.45) is 0 Å². The van der Waals surface area contributed by atoms with E-state index in [0.717, 1.165) is 32.0 Å². The van der Waals surface area contributed by atoms with Crippen molar-refractivity contribution in [1.29, 1.82) is 0 Å². The maximum absolute atomic E-state index is 5.52. The molecule has 16 heavy (non-hydrogen) atoms. The number of nitrogens with zero attached hydrogens (tertiary/aromatic N) is 1. The van der Waals surface area contributed by atoms with Crippen LogP contribution >= 0.6 is 0 Å². The monoisotopic (exact) mass is 221 g/mol. The van der Waals surface area contributed by atoms with E-state index in [1.165, 1.54) is 5.56 Å². The molecule has 1 aromatic rings. The quantitative estimate of drug-likeness (QED) is 0.778. The van der Waals surface area contributed by atoms with Crippen LogP contribution in [0.15, 0.2) is 24.3 Å². The molecule has 0 spiro atoms. The summed E-state index contributed by atoms with van der Waals surface area (Å²) in [5, 5.41) is 0. The largest absolute Gasteiger partial charge is 0.497 e. The van der Waals surface area contributed by atoms with E-state index in [1.54, 1.807) is 7.11 Å². The summed E-state index contributed by atoms with van der Waals surface area (Å²) >= 11 is 0. The minimum Gasteiger partial charge on any atom is -0.497 e. The number of ether oxygens (including phenoxy) is 2. The zero-order valence-electron chi connectivity index (χ0n) is 9.98. The van der Waals surface area contributed by atoms with Crippen molar-refractivity contribution in [3.05, 3.63) is 29.8 Å². The average molecular weight is 221 g/mol. The third-order valence-corrected chi connectivity index (χ3v) is 2.87. The molecule has 3 nitrogen and oxygen atoms in total. The van der Waals surface area contributed by atoms with Gasteiger partial charge in [-0.3, -0.25) is 4.90 Å². The first-order valence-electron chi connectivity index (χ1n) is 5.75. The first-order chi connectivity index (χ1) is 7.78. The number of rotatable bonds is 3. The van der Waals surface area contributed by atoms with Gasteiger partial charge in [0.05, 0.1) is 19.8 Å². The van der Waals surface area contributed by atoms with Crippen molar-refractivity contribution in [2.75, 3.05) is 26.8 Å². The van der Waals surface area contributed by atoms with Gasteiger partial charge in [-0.15, -0.1) is 0 Å². The number of hydrogen-bond donors (Lipinski definition) is 0. The van der Waals surface area contributed by atoms with Gasteiger partial charge in [-0.05, 0) is 24.6 Å². The Labute approximate surface area is 97.0 Å². The molecule has 0 aromatic heterocycles. The van der Waals surface area contributed by atoms with Crippen molar-refractivity contribution in [3.8, 4) is 5.75 Å². The number of benzene rings is 1. The molecule has 0 radical (unpaired) electrons. The topological polar surface area (TPSA) is 21.7 Å². The second-order valence-electron chi connectivity index (χ2n) is 4.27. The highest BCUT2D eigenvalue weighted by Gasteiger charge is 2.16. The van der Waals surface area contributed by atoms with Gasteiger partial charge in [-0.2, -0.15) is 0 Å². The van der Waals surface area contributed by atoms with Crippen molar-refractivity contribution >= 4 is 0 Å². The van der Waals surface area contributed by atoms with E-state index in [0.29, 0.717) is 6.10 Å². The molecule has 1 saturated heterocycles. The van der Waals surface area contributed by atoms with Crippen LogP contribution in [-0.2, 0) is 11.3 Å². The van der Waals surface area contributed by atoms with E-state index >= 15 is 0 Å². The van der Waals surface area contributed by atoms with Gasteiger partial charge in [0.15, 0.2) is 0 Å². The molecule has 1 aromatic carbocycles. The molecule has 0 amide bonds. The van der Waals surface area contributed by atoms with Gasteiger partial charge in [0, 0.05) is 19.6 Å². The minimum absolute atomic E-state index is 0.347. The summed E-state index contributed by atoms with van der Waals surface area (Å²) in [5.74, 6) is 0.929. The van der Waals surface area contributed by atoms with Crippen molar-refractivity contribution < 1.29 is 9.47 Å². The van der Waals surface area contributed by atoms with E-state index in [2.05, 4.69) is 24.0 Å². The van der Waals surface area contributed by atoms with Crippen LogP contribution in [0.3, 0.4) is 0 Å². The molecule has 0 aliphatic carbocycles. The summed E-state index contributed by atoms with van der Waals surface area (Å²) in [6.45, 7) is 5.96. The van der Waals surface area contributed by atoms with Crippen molar-refractivity contribution in [2.45, 2.75) is 19.6 Å². The molecule has 0 N–H and O–H groups in total. The van der Waals surface area contributed by atoms with Crippen molar-refractivity contribution in [1.82, 2.24) is 4.90 Å². The molecule has 1 unspecified atom stereocenters. The fraction of sp³-hybridized carbons (Fsp3) is 0.538. The maximum atomic E-state index is 5.52. The van der Waals surface area contributed by atoms with Crippen molar-refractivity contribution in [3.63, 3.8) is 0 Å². The highest BCUT2D eigenvalue weighted by atomic mass is 16.5. The molecule has 1 heterocycles. The average Bonchev–Trinajstić information content (AvgIpc) is 2.29. The number of morpholine rings is 1. The Morgan fingerprint density at radius 1 is 1.50 bits per heavy atom. The summed E-state index contributed by atoms with van der Waals surface area (Å²) in [4.78, 5) is 2.42. The summed E-state index contributed by atoms with van der Waals surface area (Å²) in [7, 11) is 1.70. The van der Waals surface area contributed by atoms with Crippen LogP contribution in [0.5, 0.6) is 5.75 Å². The van der Waals surface area contributed by atoms with Gasteiger partial charge in [0.2, 0.25) is 0 Å². The lowest BCUT2D eigenvalue weighted by atomic mass is 10.2. The Bertz CT molecular complexity index is 340. The lowest BCUT2D eigenvalue weighted by molar-refractivity contribution is -0.0212. The fourth-order valence-electron chi connectivity index (χ4n) is 2.06. The molecule has 88 valence electrons. The van der Waals surface area contributed by atoms with E-state index < -0.39 is 0 Å². The van der Waals surface area contributed by atoms with Crippen LogP contribution in [0.2, 0.25) is 0 Å². The smallest absolute Gasteiger partial charge is 0.119 e. The van der Waals surface area contributed by atoms with Crippen LogP contribution in [0.25, 0.3) is 0 Å².